The van der Waals surface area contributed by atoms with Crippen molar-refractivity contribution in [1.82, 2.24) is 4.90 Å². The molecule has 1 aliphatic heterocycles. The lowest BCUT2D eigenvalue weighted by Crippen LogP contribution is -2.49. The first-order valence-corrected chi connectivity index (χ1v) is 9.31. The van der Waals surface area contributed by atoms with E-state index >= 15 is 0 Å². The van der Waals surface area contributed by atoms with E-state index < -0.39 is 0 Å². The average molecular weight is 315 g/mol. The van der Waals surface area contributed by atoms with Crippen molar-refractivity contribution in [2.75, 3.05) is 33.4 Å². The summed E-state index contributed by atoms with van der Waals surface area (Å²) in [7, 11) is 1.67. The van der Waals surface area contributed by atoms with E-state index in [0.717, 1.165) is 19.6 Å². The van der Waals surface area contributed by atoms with Crippen LogP contribution in [0.25, 0.3) is 0 Å². The maximum absolute atomic E-state index is 9.26. The van der Waals surface area contributed by atoms with Crippen LogP contribution in [0.4, 0.5) is 0 Å². The van der Waals surface area contributed by atoms with Crippen LogP contribution in [0.1, 0.15) is 71.1 Å². The second-order valence-corrected chi connectivity index (χ2v) is 6.55. The molecule has 2 atom stereocenters. The Balaban J connectivity index is 1.95. The van der Waals surface area contributed by atoms with Crippen LogP contribution in [0.15, 0.2) is 0 Å². The largest absolute Gasteiger partial charge is 0.394 e. The summed E-state index contributed by atoms with van der Waals surface area (Å²) in [6.45, 7) is 5.09. The molecule has 0 aromatic heterocycles. The first-order valence-electron chi connectivity index (χ1n) is 9.31. The molecule has 4 nitrogen and oxygen atoms in total. The molecule has 1 heterocycles. The van der Waals surface area contributed by atoms with Crippen molar-refractivity contribution in [2.24, 2.45) is 0 Å². The molecule has 1 aliphatic rings. The van der Waals surface area contributed by atoms with E-state index in [2.05, 4.69) is 11.8 Å². The highest BCUT2D eigenvalue weighted by molar-refractivity contribution is 4.73. The van der Waals surface area contributed by atoms with E-state index in [-0.39, 0.29) is 19.0 Å². The van der Waals surface area contributed by atoms with E-state index in [1.807, 2.05) is 0 Å². The quantitative estimate of drug-likeness (QED) is 0.528. The van der Waals surface area contributed by atoms with Crippen molar-refractivity contribution in [3.05, 3.63) is 0 Å². The molecule has 0 amide bonds. The van der Waals surface area contributed by atoms with Crippen molar-refractivity contribution < 1.29 is 14.6 Å². The number of methoxy groups -OCH3 is 1. The van der Waals surface area contributed by atoms with Crippen LogP contribution in [0.3, 0.4) is 0 Å². The summed E-state index contributed by atoms with van der Waals surface area (Å²) < 4.78 is 10.9. The number of hydrogen-bond acceptors (Lipinski definition) is 4. The van der Waals surface area contributed by atoms with Gasteiger partial charge in [-0.3, -0.25) is 4.90 Å². The smallest absolute Gasteiger partial charge is 0.170 e. The monoisotopic (exact) mass is 315 g/mol. The number of aliphatic hydroxyl groups excluding tert-OH is 1. The summed E-state index contributed by atoms with van der Waals surface area (Å²) in [4.78, 5) is 2.36. The van der Waals surface area contributed by atoms with Crippen molar-refractivity contribution in [3.63, 3.8) is 0 Å². The molecule has 0 spiro atoms. The maximum Gasteiger partial charge on any atom is 0.170 e. The summed E-state index contributed by atoms with van der Waals surface area (Å²) in [5, 5.41) is 9.26. The minimum absolute atomic E-state index is 0.0778. The zero-order valence-corrected chi connectivity index (χ0v) is 14.8. The van der Waals surface area contributed by atoms with Gasteiger partial charge in [-0.2, -0.15) is 0 Å². The fraction of sp³-hybridized carbons (Fsp3) is 1.00. The number of nitrogens with zero attached hydrogens (tertiary/aromatic N) is 1. The third-order valence-corrected chi connectivity index (χ3v) is 4.51. The zero-order chi connectivity index (χ0) is 16.0. The molecule has 1 fully saturated rings. The van der Waals surface area contributed by atoms with Crippen molar-refractivity contribution in [1.29, 1.82) is 0 Å². The Kier molecular flexibility index (Phi) is 12.0. The minimum atomic E-state index is -0.186. The van der Waals surface area contributed by atoms with Gasteiger partial charge in [-0.15, -0.1) is 0 Å². The number of hydrogen-bond donors (Lipinski definition) is 1. The van der Waals surface area contributed by atoms with Crippen LogP contribution >= 0.6 is 0 Å². The molecule has 2 unspecified atom stereocenters. The molecule has 1 rings (SSSR count). The Morgan fingerprint density at radius 3 is 2.09 bits per heavy atom. The summed E-state index contributed by atoms with van der Waals surface area (Å²) in [6.07, 6.45) is 13.4. The lowest BCUT2D eigenvalue weighted by atomic mass is 10.1. The Bertz CT molecular complexity index is 238. The third-order valence-electron chi connectivity index (χ3n) is 4.51. The van der Waals surface area contributed by atoms with Crippen LogP contribution in [0.5, 0.6) is 0 Å². The van der Waals surface area contributed by atoms with Crippen LogP contribution in [-0.4, -0.2) is 55.8 Å². The minimum Gasteiger partial charge on any atom is -0.394 e. The standard InChI is InChI=1S/C18H37NO3/c1-3-4-5-6-7-8-9-10-11-12-13-19-14-17(16-20)22-18(15-19)21-2/h17-18,20H,3-16H2,1-2H3. The summed E-state index contributed by atoms with van der Waals surface area (Å²) in [5.41, 5.74) is 0. The van der Waals surface area contributed by atoms with Gasteiger partial charge < -0.3 is 14.6 Å². The van der Waals surface area contributed by atoms with Gasteiger partial charge in [0.1, 0.15) is 0 Å². The summed E-state index contributed by atoms with van der Waals surface area (Å²) >= 11 is 0. The Labute approximate surface area is 137 Å². The molecular weight excluding hydrogens is 278 g/mol. The normalized spacial score (nSPS) is 23.0. The molecule has 0 saturated carbocycles. The first kappa shape index (κ1) is 19.9. The fourth-order valence-corrected chi connectivity index (χ4v) is 3.11. The van der Waals surface area contributed by atoms with Crippen LogP contribution in [0, 0.1) is 0 Å². The topological polar surface area (TPSA) is 41.9 Å². The van der Waals surface area contributed by atoms with Gasteiger partial charge in [-0.25, -0.2) is 0 Å². The second-order valence-electron chi connectivity index (χ2n) is 6.55. The van der Waals surface area contributed by atoms with Crippen LogP contribution < -0.4 is 0 Å². The second kappa shape index (κ2) is 13.3. The maximum atomic E-state index is 9.26. The van der Waals surface area contributed by atoms with Crippen molar-refractivity contribution in [2.45, 2.75) is 83.5 Å². The lowest BCUT2D eigenvalue weighted by Gasteiger charge is -2.36. The number of rotatable bonds is 13. The Morgan fingerprint density at radius 2 is 1.55 bits per heavy atom. The van der Waals surface area contributed by atoms with E-state index in [1.54, 1.807) is 7.11 Å². The van der Waals surface area contributed by atoms with Crippen molar-refractivity contribution in [3.8, 4) is 0 Å². The summed E-state index contributed by atoms with van der Waals surface area (Å²) in [5.74, 6) is 0. The van der Waals surface area contributed by atoms with E-state index in [9.17, 15) is 5.11 Å². The molecule has 0 bridgehead atoms. The first-order chi connectivity index (χ1) is 10.8. The average Bonchev–Trinajstić information content (AvgIpc) is 2.56. The molecule has 1 N–H and O–H groups in total. The van der Waals surface area contributed by atoms with Gasteiger partial charge in [-0.1, -0.05) is 64.7 Å². The number of morpholine rings is 1. The number of aliphatic hydroxyl groups is 1. The van der Waals surface area contributed by atoms with Gasteiger partial charge >= 0.3 is 0 Å². The van der Waals surface area contributed by atoms with Gasteiger partial charge in [-0.05, 0) is 13.0 Å². The molecule has 4 heteroatoms. The van der Waals surface area contributed by atoms with Gasteiger partial charge in [0.25, 0.3) is 0 Å². The van der Waals surface area contributed by atoms with Gasteiger partial charge in [0.2, 0.25) is 0 Å². The SMILES string of the molecule is CCCCCCCCCCCCN1CC(CO)OC(OC)C1. The molecule has 0 aromatic carbocycles. The highest BCUT2D eigenvalue weighted by Crippen LogP contribution is 2.14. The Morgan fingerprint density at radius 1 is 0.955 bits per heavy atom. The number of ether oxygens (including phenoxy) is 2. The predicted octanol–water partition coefficient (Wildman–Crippen LogP) is 3.57. The molecule has 1 saturated heterocycles. The molecule has 22 heavy (non-hydrogen) atoms. The molecular formula is C18H37NO3. The van der Waals surface area contributed by atoms with Gasteiger partial charge in [0, 0.05) is 20.2 Å². The Hall–Kier alpha value is -0.160. The third kappa shape index (κ3) is 9.09. The molecule has 0 radical (unpaired) electrons. The van der Waals surface area contributed by atoms with Gasteiger partial charge in [0.05, 0.1) is 12.7 Å². The molecule has 0 aliphatic carbocycles. The van der Waals surface area contributed by atoms with Crippen LogP contribution in [-0.2, 0) is 9.47 Å². The highest BCUT2D eigenvalue weighted by Gasteiger charge is 2.26. The fourth-order valence-electron chi connectivity index (χ4n) is 3.11. The predicted molar refractivity (Wildman–Crippen MR) is 91.0 cm³/mol. The highest BCUT2D eigenvalue weighted by atomic mass is 16.7. The van der Waals surface area contributed by atoms with E-state index in [4.69, 9.17) is 9.47 Å². The lowest BCUT2D eigenvalue weighted by molar-refractivity contribution is -0.205. The summed E-state index contributed by atoms with van der Waals surface area (Å²) in [6, 6.07) is 0. The van der Waals surface area contributed by atoms with E-state index in [1.165, 1.54) is 64.2 Å². The van der Waals surface area contributed by atoms with E-state index in [0.29, 0.717) is 0 Å². The zero-order valence-electron chi connectivity index (χ0n) is 14.8. The molecule has 132 valence electrons. The van der Waals surface area contributed by atoms with Crippen molar-refractivity contribution >= 4 is 0 Å². The van der Waals surface area contributed by atoms with Crippen LogP contribution in [0.2, 0.25) is 0 Å². The molecule has 0 aromatic rings. The van der Waals surface area contributed by atoms with Gasteiger partial charge in [0.15, 0.2) is 6.29 Å². The number of unbranched alkanes of at least 4 members (excludes halogenated alkanes) is 9.